The second-order valence-electron chi connectivity index (χ2n) is 11.8. The average Bonchev–Trinajstić information content (AvgIpc) is 3.75. The molecule has 2 saturated heterocycles. The molecule has 2 aromatic carbocycles. The van der Waals surface area contributed by atoms with Crippen LogP contribution in [0.1, 0.15) is 73.0 Å². The number of nitrogens with zero attached hydrogens (tertiary/aromatic N) is 2. The maximum Gasteiger partial charge on any atom is 0.328 e. The quantitative estimate of drug-likeness (QED) is 0.298. The second kappa shape index (κ2) is 12.2. The van der Waals surface area contributed by atoms with E-state index in [0.717, 1.165) is 29.4 Å². The molecule has 2 aromatic rings. The third-order valence-corrected chi connectivity index (χ3v) is 9.36. The Hall–Kier alpha value is -2.49. The molecule has 0 N–H and O–H groups in total. The molecule has 2 heterocycles. The van der Waals surface area contributed by atoms with E-state index in [1.165, 1.54) is 20.1 Å². The van der Waals surface area contributed by atoms with Gasteiger partial charge >= 0.3 is 5.97 Å². The molecule has 3 aliphatic rings. The van der Waals surface area contributed by atoms with Gasteiger partial charge in [-0.05, 0) is 73.9 Å². The van der Waals surface area contributed by atoms with Crippen molar-refractivity contribution in [3.63, 3.8) is 0 Å². The number of ether oxygens (including phenoxy) is 2. The van der Waals surface area contributed by atoms with Crippen molar-refractivity contribution in [3.05, 3.63) is 62.9 Å². The Labute approximate surface area is 254 Å². The number of piperidine rings is 1. The van der Waals surface area contributed by atoms with E-state index in [1.54, 1.807) is 6.07 Å². The van der Waals surface area contributed by atoms with E-state index < -0.39 is 41.5 Å². The highest BCUT2D eigenvalue weighted by atomic mass is 35.5. The van der Waals surface area contributed by atoms with Gasteiger partial charge < -0.3 is 14.4 Å². The van der Waals surface area contributed by atoms with Crippen molar-refractivity contribution in [2.75, 3.05) is 33.4 Å². The highest BCUT2D eigenvalue weighted by Gasteiger charge is 2.47. The van der Waals surface area contributed by atoms with Crippen molar-refractivity contribution in [2.45, 2.75) is 69.4 Å². The Morgan fingerprint density at radius 1 is 1.10 bits per heavy atom. The maximum atomic E-state index is 15.9. The van der Waals surface area contributed by atoms with E-state index in [9.17, 15) is 14.0 Å². The second-order valence-corrected chi connectivity index (χ2v) is 12.7. The maximum absolute atomic E-state index is 15.9. The number of benzene rings is 2. The van der Waals surface area contributed by atoms with Crippen LogP contribution >= 0.6 is 23.2 Å². The van der Waals surface area contributed by atoms with Crippen molar-refractivity contribution in [1.29, 1.82) is 0 Å². The molecule has 5 rings (SSSR count). The van der Waals surface area contributed by atoms with Crippen LogP contribution in [-0.4, -0.2) is 72.9 Å². The Bertz CT molecular complexity index is 1330. The Balaban J connectivity index is 1.27. The Morgan fingerprint density at radius 3 is 2.33 bits per heavy atom. The molecule has 0 bridgehead atoms. The van der Waals surface area contributed by atoms with Gasteiger partial charge in [0.25, 0.3) is 5.91 Å². The van der Waals surface area contributed by atoms with Gasteiger partial charge in [0.2, 0.25) is 0 Å². The van der Waals surface area contributed by atoms with Gasteiger partial charge in [0, 0.05) is 41.2 Å². The minimum Gasteiger partial charge on any atom is -0.490 e. The first-order chi connectivity index (χ1) is 19.9. The van der Waals surface area contributed by atoms with Crippen LogP contribution < -0.4 is 4.74 Å². The van der Waals surface area contributed by atoms with Crippen molar-refractivity contribution < 1.29 is 32.2 Å². The van der Waals surface area contributed by atoms with E-state index in [1.807, 2.05) is 19.1 Å². The zero-order valence-corrected chi connectivity index (χ0v) is 25.4. The first-order valence-corrected chi connectivity index (χ1v) is 15.0. The molecule has 1 aliphatic carbocycles. The summed E-state index contributed by atoms with van der Waals surface area (Å²) in [6.07, 6.45) is 0.681. The third kappa shape index (κ3) is 6.38. The summed E-state index contributed by atoms with van der Waals surface area (Å²) < 4.78 is 56.5. The van der Waals surface area contributed by atoms with Crippen LogP contribution in [0.15, 0.2) is 30.3 Å². The van der Waals surface area contributed by atoms with E-state index >= 15 is 8.78 Å². The van der Waals surface area contributed by atoms with Crippen LogP contribution in [0.3, 0.4) is 0 Å². The molecule has 1 amide bonds. The number of likely N-dealkylation sites (tertiary alicyclic amines) is 2. The number of amides is 1. The van der Waals surface area contributed by atoms with Crippen LogP contribution in [0.4, 0.5) is 13.2 Å². The Kier molecular flexibility index (Phi) is 9.03. The molecular formula is C31H35Cl2F3N2O4. The lowest BCUT2D eigenvalue weighted by Gasteiger charge is -2.39. The number of hydrogen-bond acceptors (Lipinski definition) is 5. The van der Waals surface area contributed by atoms with E-state index in [2.05, 4.69) is 4.90 Å². The van der Waals surface area contributed by atoms with E-state index in [0.29, 0.717) is 28.7 Å². The fraction of sp³-hybridized carbons (Fsp3) is 0.548. The first-order valence-electron chi connectivity index (χ1n) is 14.3. The monoisotopic (exact) mass is 626 g/mol. The van der Waals surface area contributed by atoms with Gasteiger partial charge in [0.05, 0.1) is 19.2 Å². The van der Waals surface area contributed by atoms with Gasteiger partial charge in [0.15, 0.2) is 0 Å². The molecule has 0 radical (unpaired) electrons. The largest absolute Gasteiger partial charge is 0.490 e. The molecule has 1 saturated carbocycles. The normalized spacial score (nSPS) is 24.9. The lowest BCUT2D eigenvalue weighted by molar-refractivity contribution is -0.146. The van der Waals surface area contributed by atoms with Gasteiger partial charge in [-0.2, -0.15) is 0 Å². The van der Waals surface area contributed by atoms with Crippen LogP contribution in [0.2, 0.25) is 10.0 Å². The zero-order chi connectivity index (χ0) is 30.3. The summed E-state index contributed by atoms with van der Waals surface area (Å²) in [5, 5.41) is 1.09. The van der Waals surface area contributed by atoms with Gasteiger partial charge in [-0.15, -0.1) is 0 Å². The standard InChI is InChI=1S/C31H35Cl2F3N2O4/c1-17-26(35)15-38(28(17)30(40)41-3)29(39)24-13-23(19-4-5-19)27(14-25(24)34)42-16-31(36)6-8-37(9-7-31)18(2)20-10-21(32)12-22(33)11-20/h10-14,17-19,26,28H,4-9,15-16H2,1-3H3/t17?,18-,26-,28-/m0/s1. The predicted molar refractivity (Wildman–Crippen MR) is 154 cm³/mol. The van der Waals surface area contributed by atoms with E-state index in [4.69, 9.17) is 32.7 Å². The molecule has 0 spiro atoms. The van der Waals surface area contributed by atoms with Gasteiger partial charge in [-0.1, -0.05) is 30.1 Å². The molecule has 1 unspecified atom stereocenters. The average molecular weight is 628 g/mol. The molecule has 3 fully saturated rings. The molecule has 228 valence electrons. The van der Waals surface area contributed by atoms with Crippen LogP contribution in [-0.2, 0) is 9.53 Å². The fourth-order valence-electron chi connectivity index (χ4n) is 6.04. The smallest absolute Gasteiger partial charge is 0.328 e. The minimum absolute atomic E-state index is 0.00244. The number of methoxy groups -OCH3 is 1. The molecule has 2 aliphatic heterocycles. The molecule has 11 heteroatoms. The number of alkyl halides is 2. The van der Waals surface area contributed by atoms with E-state index in [-0.39, 0.29) is 49.3 Å². The zero-order valence-electron chi connectivity index (χ0n) is 23.8. The van der Waals surface area contributed by atoms with Crippen LogP contribution in [0, 0.1) is 11.7 Å². The Morgan fingerprint density at radius 2 is 1.74 bits per heavy atom. The lowest BCUT2D eigenvalue weighted by atomic mass is 9.92. The summed E-state index contributed by atoms with van der Waals surface area (Å²) >= 11 is 12.3. The first kappa shape index (κ1) is 31.0. The number of hydrogen-bond donors (Lipinski definition) is 0. The third-order valence-electron chi connectivity index (χ3n) is 8.92. The minimum atomic E-state index is -1.61. The molecule has 4 atom stereocenters. The summed E-state index contributed by atoms with van der Waals surface area (Å²) in [6, 6.07) is 6.77. The van der Waals surface area contributed by atoms with Crippen LogP contribution in [0.5, 0.6) is 5.75 Å². The number of carbonyl (C=O) groups is 2. The highest BCUT2D eigenvalue weighted by Crippen LogP contribution is 2.46. The topological polar surface area (TPSA) is 59.1 Å². The number of halogens is 5. The summed E-state index contributed by atoms with van der Waals surface area (Å²) in [4.78, 5) is 28.9. The SMILES string of the molecule is COC(=O)[C@@H]1C(C)[C@@H](F)CN1C(=O)c1cc(C2CC2)c(OCC2(F)CCN([C@@H](C)c3cc(Cl)cc(Cl)c3)CC2)cc1F. The van der Waals surface area contributed by atoms with Crippen molar-refractivity contribution >= 4 is 35.1 Å². The molecular weight excluding hydrogens is 592 g/mol. The summed E-state index contributed by atoms with van der Waals surface area (Å²) in [6.45, 7) is 3.96. The summed E-state index contributed by atoms with van der Waals surface area (Å²) in [5.41, 5.74) is -0.301. The van der Waals surface area contributed by atoms with Crippen molar-refractivity contribution in [3.8, 4) is 5.75 Å². The lowest BCUT2D eigenvalue weighted by Crippen LogP contribution is -2.45. The van der Waals surface area contributed by atoms with Gasteiger partial charge in [0.1, 0.15) is 36.1 Å². The molecule has 42 heavy (non-hydrogen) atoms. The van der Waals surface area contributed by atoms with Crippen molar-refractivity contribution in [1.82, 2.24) is 9.80 Å². The number of esters is 1. The summed E-state index contributed by atoms with van der Waals surface area (Å²) in [7, 11) is 1.17. The fourth-order valence-corrected chi connectivity index (χ4v) is 6.58. The molecule has 6 nitrogen and oxygen atoms in total. The predicted octanol–water partition coefficient (Wildman–Crippen LogP) is 6.93. The summed E-state index contributed by atoms with van der Waals surface area (Å²) in [5.74, 6) is -2.92. The van der Waals surface area contributed by atoms with Gasteiger partial charge in [-0.25, -0.2) is 18.0 Å². The number of rotatable bonds is 8. The highest BCUT2D eigenvalue weighted by molar-refractivity contribution is 6.34. The molecule has 0 aromatic heterocycles. The van der Waals surface area contributed by atoms with Crippen LogP contribution in [0.25, 0.3) is 0 Å². The number of carbonyl (C=O) groups excluding carboxylic acids is 2. The van der Waals surface area contributed by atoms with Gasteiger partial charge in [-0.3, -0.25) is 9.69 Å². The van der Waals surface area contributed by atoms with Crippen molar-refractivity contribution in [2.24, 2.45) is 5.92 Å².